The summed E-state index contributed by atoms with van der Waals surface area (Å²) in [4.78, 5) is 20.8. The first kappa shape index (κ1) is 18.8. The molecule has 138 valence electrons. The van der Waals surface area contributed by atoms with Gasteiger partial charge in [0.1, 0.15) is 0 Å². The summed E-state index contributed by atoms with van der Waals surface area (Å²) in [5.74, 6) is 0.276. The van der Waals surface area contributed by atoms with Crippen molar-refractivity contribution >= 4 is 22.7 Å². The zero-order valence-electron chi connectivity index (χ0n) is 13.8. The highest BCUT2D eigenvalue weighted by Crippen LogP contribution is 2.30. The van der Waals surface area contributed by atoms with Crippen molar-refractivity contribution in [3.63, 3.8) is 0 Å². The molecule has 0 spiro atoms. The Labute approximate surface area is 148 Å². The van der Waals surface area contributed by atoms with Gasteiger partial charge in [0.15, 0.2) is 11.5 Å². The topological polar surface area (TPSA) is 157 Å². The van der Waals surface area contributed by atoms with Gasteiger partial charge in [-0.1, -0.05) is 0 Å². The molecule has 0 bridgehead atoms. The minimum Gasteiger partial charge on any atom is -0.487 e. The van der Waals surface area contributed by atoms with Gasteiger partial charge in [-0.15, -0.1) is 0 Å². The second-order valence-corrected chi connectivity index (χ2v) is 5.37. The smallest absolute Gasteiger partial charge is 0.312 e. The fourth-order valence-corrected chi connectivity index (χ4v) is 2.17. The molecular weight excluding hydrogens is 344 g/mol. The highest BCUT2D eigenvalue weighted by Gasteiger charge is 2.16. The van der Waals surface area contributed by atoms with Crippen molar-refractivity contribution in [2.24, 2.45) is 0 Å². The van der Waals surface area contributed by atoms with Crippen LogP contribution in [0.1, 0.15) is 12.8 Å². The van der Waals surface area contributed by atoms with Gasteiger partial charge in [-0.3, -0.25) is 20.2 Å². The van der Waals surface area contributed by atoms with Crippen molar-refractivity contribution in [2.75, 3.05) is 24.7 Å². The monoisotopic (exact) mass is 362 g/mol. The maximum atomic E-state index is 11.0. The Morgan fingerprint density at radius 3 is 1.50 bits per heavy atom. The number of benzene rings is 2. The summed E-state index contributed by atoms with van der Waals surface area (Å²) in [6, 6.07) is 8.40. The fraction of sp³-hybridized carbons (Fsp3) is 0.250. The molecular formula is C16H18N4O6. The average Bonchev–Trinajstić information content (AvgIpc) is 2.59. The molecule has 10 heteroatoms. The minimum absolute atomic E-state index is 0.138. The number of nitrogens with zero attached hydrogens (tertiary/aromatic N) is 2. The molecule has 0 amide bonds. The van der Waals surface area contributed by atoms with Crippen LogP contribution >= 0.6 is 0 Å². The van der Waals surface area contributed by atoms with Crippen LogP contribution in [0.2, 0.25) is 0 Å². The first-order chi connectivity index (χ1) is 12.4. The molecule has 0 fully saturated rings. The van der Waals surface area contributed by atoms with Gasteiger partial charge in [0.05, 0.1) is 23.1 Å². The molecule has 0 aliphatic carbocycles. The van der Waals surface area contributed by atoms with Crippen LogP contribution in [0.5, 0.6) is 11.5 Å². The number of nitro groups is 2. The number of rotatable bonds is 9. The van der Waals surface area contributed by atoms with E-state index in [4.69, 9.17) is 20.9 Å². The van der Waals surface area contributed by atoms with Gasteiger partial charge >= 0.3 is 11.4 Å². The van der Waals surface area contributed by atoms with Gasteiger partial charge < -0.3 is 20.9 Å². The third-order valence-electron chi connectivity index (χ3n) is 3.41. The number of anilines is 2. The molecule has 2 aromatic carbocycles. The lowest BCUT2D eigenvalue weighted by molar-refractivity contribution is -0.386. The summed E-state index contributed by atoms with van der Waals surface area (Å²) >= 11 is 0. The van der Waals surface area contributed by atoms with E-state index in [-0.39, 0.29) is 47.5 Å². The number of nitrogen functional groups attached to an aromatic ring is 2. The zero-order valence-corrected chi connectivity index (χ0v) is 13.8. The number of nitrogens with two attached hydrogens (primary N) is 2. The van der Waals surface area contributed by atoms with Crippen LogP contribution < -0.4 is 20.9 Å². The number of hydrogen-bond acceptors (Lipinski definition) is 8. The lowest BCUT2D eigenvalue weighted by atomic mass is 10.2. The first-order valence-corrected chi connectivity index (χ1v) is 7.72. The molecule has 26 heavy (non-hydrogen) atoms. The maximum Gasteiger partial charge on any atom is 0.312 e. The summed E-state index contributed by atoms with van der Waals surface area (Å²) in [5, 5.41) is 21.9. The third-order valence-corrected chi connectivity index (χ3v) is 3.41. The van der Waals surface area contributed by atoms with Crippen molar-refractivity contribution in [2.45, 2.75) is 12.8 Å². The van der Waals surface area contributed by atoms with Gasteiger partial charge in [0.25, 0.3) is 0 Å². The standard InChI is InChI=1S/C16H18N4O6/c17-11-3-5-15(13(9-11)19(21)22)25-7-1-2-8-26-16-6-4-12(18)10-14(16)20(23)24/h3-6,9-10H,1-2,7-8,17-18H2. The second kappa shape index (κ2) is 8.51. The SMILES string of the molecule is Nc1ccc(OCCCCOc2ccc(N)cc2[N+](=O)[O-])c([N+](=O)[O-])c1. The molecule has 0 unspecified atom stereocenters. The molecule has 0 saturated heterocycles. The second-order valence-electron chi connectivity index (χ2n) is 5.37. The van der Waals surface area contributed by atoms with Crippen LogP contribution in [0.15, 0.2) is 36.4 Å². The molecule has 0 saturated carbocycles. The van der Waals surface area contributed by atoms with Gasteiger partial charge in [0.2, 0.25) is 0 Å². The molecule has 2 rings (SSSR count). The molecule has 0 radical (unpaired) electrons. The summed E-state index contributed by atoms with van der Waals surface area (Å²) in [5.41, 5.74) is 11.2. The van der Waals surface area contributed by atoms with Crippen molar-refractivity contribution < 1.29 is 19.3 Å². The molecule has 0 aliphatic rings. The Balaban J connectivity index is 1.80. The van der Waals surface area contributed by atoms with Gasteiger partial charge in [-0.25, -0.2) is 0 Å². The van der Waals surface area contributed by atoms with Gasteiger partial charge in [-0.05, 0) is 37.1 Å². The number of nitro benzene ring substituents is 2. The lowest BCUT2D eigenvalue weighted by Gasteiger charge is -2.09. The zero-order chi connectivity index (χ0) is 19.1. The number of unbranched alkanes of at least 4 members (excludes halogenated alkanes) is 1. The Hall–Kier alpha value is -3.56. The highest BCUT2D eigenvalue weighted by molar-refractivity contribution is 5.57. The first-order valence-electron chi connectivity index (χ1n) is 7.72. The average molecular weight is 362 g/mol. The molecule has 0 heterocycles. The Morgan fingerprint density at radius 2 is 1.15 bits per heavy atom. The fourth-order valence-electron chi connectivity index (χ4n) is 2.17. The number of hydrogen-bond donors (Lipinski definition) is 2. The van der Waals surface area contributed by atoms with E-state index in [2.05, 4.69) is 0 Å². The molecule has 10 nitrogen and oxygen atoms in total. The van der Waals surface area contributed by atoms with E-state index in [1.165, 1.54) is 36.4 Å². The minimum atomic E-state index is -0.560. The van der Waals surface area contributed by atoms with E-state index < -0.39 is 9.85 Å². The van der Waals surface area contributed by atoms with Crippen LogP contribution in [0.25, 0.3) is 0 Å². The van der Waals surface area contributed by atoms with Crippen LogP contribution in [0.4, 0.5) is 22.7 Å². The van der Waals surface area contributed by atoms with E-state index in [0.29, 0.717) is 12.8 Å². The molecule has 0 aromatic heterocycles. The summed E-state index contributed by atoms with van der Waals surface area (Å²) < 4.78 is 10.8. The summed E-state index contributed by atoms with van der Waals surface area (Å²) in [6.07, 6.45) is 1.09. The third kappa shape index (κ3) is 4.97. The molecule has 4 N–H and O–H groups in total. The maximum absolute atomic E-state index is 11.0. The normalized spacial score (nSPS) is 10.3. The van der Waals surface area contributed by atoms with E-state index >= 15 is 0 Å². The predicted molar refractivity (Wildman–Crippen MR) is 95.2 cm³/mol. The predicted octanol–water partition coefficient (Wildman–Crippen LogP) is 2.91. The Morgan fingerprint density at radius 1 is 0.769 bits per heavy atom. The van der Waals surface area contributed by atoms with Crippen molar-refractivity contribution in [1.82, 2.24) is 0 Å². The van der Waals surface area contributed by atoms with Crippen molar-refractivity contribution in [3.05, 3.63) is 56.6 Å². The highest BCUT2D eigenvalue weighted by atomic mass is 16.6. The largest absolute Gasteiger partial charge is 0.487 e. The van der Waals surface area contributed by atoms with E-state index in [9.17, 15) is 20.2 Å². The van der Waals surface area contributed by atoms with E-state index in [0.717, 1.165) is 0 Å². The van der Waals surface area contributed by atoms with E-state index in [1.54, 1.807) is 0 Å². The summed E-state index contributed by atoms with van der Waals surface area (Å²) in [6.45, 7) is 0.468. The van der Waals surface area contributed by atoms with E-state index in [1.807, 2.05) is 0 Å². The van der Waals surface area contributed by atoms with Crippen LogP contribution in [0.3, 0.4) is 0 Å². The summed E-state index contributed by atoms with van der Waals surface area (Å²) in [7, 11) is 0. The van der Waals surface area contributed by atoms with Crippen LogP contribution in [0, 0.1) is 20.2 Å². The Kier molecular flexibility index (Phi) is 6.15. The molecule has 2 aromatic rings. The molecule has 0 atom stereocenters. The Bertz CT molecular complexity index is 744. The number of ether oxygens (including phenoxy) is 2. The quantitative estimate of drug-likeness (QED) is 0.298. The van der Waals surface area contributed by atoms with Crippen molar-refractivity contribution in [3.8, 4) is 11.5 Å². The van der Waals surface area contributed by atoms with Crippen LogP contribution in [-0.4, -0.2) is 23.1 Å². The molecule has 0 aliphatic heterocycles. The van der Waals surface area contributed by atoms with Crippen LogP contribution in [-0.2, 0) is 0 Å². The van der Waals surface area contributed by atoms with Gasteiger partial charge in [-0.2, -0.15) is 0 Å². The van der Waals surface area contributed by atoms with Crippen molar-refractivity contribution in [1.29, 1.82) is 0 Å². The lowest BCUT2D eigenvalue weighted by Crippen LogP contribution is -2.05. The van der Waals surface area contributed by atoms with Gasteiger partial charge in [0, 0.05) is 23.5 Å².